The van der Waals surface area contributed by atoms with E-state index in [0.29, 0.717) is 30.1 Å². The first-order chi connectivity index (χ1) is 15.0. The average Bonchev–Trinajstić information content (AvgIpc) is 2.76. The molecule has 0 unspecified atom stereocenters. The topological polar surface area (TPSA) is 84.9 Å². The van der Waals surface area contributed by atoms with E-state index in [1.165, 1.54) is 18.1 Å². The maximum atomic E-state index is 13.1. The first-order valence-corrected chi connectivity index (χ1v) is 10.5. The van der Waals surface area contributed by atoms with Crippen LogP contribution in [0.15, 0.2) is 43.0 Å². The van der Waals surface area contributed by atoms with Crippen LogP contribution in [0.5, 0.6) is 11.5 Å². The van der Waals surface area contributed by atoms with Gasteiger partial charge in [0, 0.05) is 11.6 Å². The van der Waals surface area contributed by atoms with Gasteiger partial charge in [0.1, 0.15) is 12.2 Å². The molecular weight excluding hydrogens is 396 g/mol. The van der Waals surface area contributed by atoms with Crippen molar-refractivity contribution in [3.05, 3.63) is 54.1 Å². The van der Waals surface area contributed by atoms with E-state index >= 15 is 0 Å². The summed E-state index contributed by atoms with van der Waals surface area (Å²) in [7, 11) is 1.52. The van der Waals surface area contributed by atoms with Crippen LogP contribution in [0, 0.1) is 0 Å². The van der Waals surface area contributed by atoms with Gasteiger partial charge < -0.3 is 9.47 Å². The highest BCUT2D eigenvalue weighted by Gasteiger charge is 2.40. The minimum absolute atomic E-state index is 0.0726. The molecule has 0 atom stereocenters. The summed E-state index contributed by atoms with van der Waals surface area (Å²) >= 11 is 0. The number of allylic oxidation sites excluding steroid dienone is 1. The fourth-order valence-electron chi connectivity index (χ4n) is 4.04. The SMILES string of the molecule is C=CCOc1c(CC=C)cc(C=C2C(=O)NC(=O)N(C3CCCCC3)C2=O)cc1OC. The Morgan fingerprint density at radius 3 is 2.52 bits per heavy atom. The second kappa shape index (κ2) is 10.1. The highest BCUT2D eigenvalue weighted by molar-refractivity contribution is 6.31. The van der Waals surface area contributed by atoms with Crippen molar-refractivity contribution in [1.82, 2.24) is 10.2 Å². The quantitative estimate of drug-likeness (QED) is 0.390. The molecule has 1 N–H and O–H groups in total. The Labute approximate surface area is 182 Å². The Hall–Kier alpha value is -3.35. The van der Waals surface area contributed by atoms with Crippen molar-refractivity contribution in [3.63, 3.8) is 0 Å². The maximum absolute atomic E-state index is 13.1. The Morgan fingerprint density at radius 1 is 1.13 bits per heavy atom. The van der Waals surface area contributed by atoms with E-state index in [9.17, 15) is 14.4 Å². The zero-order chi connectivity index (χ0) is 22.4. The second-order valence-electron chi connectivity index (χ2n) is 7.59. The summed E-state index contributed by atoms with van der Waals surface area (Å²) in [5.74, 6) is -0.227. The Bertz CT molecular complexity index is 928. The number of hydrogen-bond donors (Lipinski definition) is 1. The third-order valence-electron chi connectivity index (χ3n) is 5.47. The lowest BCUT2D eigenvalue weighted by Gasteiger charge is -2.35. The summed E-state index contributed by atoms with van der Waals surface area (Å²) in [6, 6.07) is 2.69. The Kier molecular flexibility index (Phi) is 7.28. The van der Waals surface area contributed by atoms with Crippen LogP contribution >= 0.6 is 0 Å². The molecule has 1 saturated heterocycles. The molecule has 1 aromatic rings. The second-order valence-corrected chi connectivity index (χ2v) is 7.59. The number of urea groups is 1. The van der Waals surface area contributed by atoms with Crippen molar-refractivity contribution in [2.45, 2.75) is 44.6 Å². The number of ether oxygens (including phenoxy) is 2. The summed E-state index contributed by atoms with van der Waals surface area (Å²) in [5.41, 5.74) is 1.32. The van der Waals surface area contributed by atoms with Gasteiger partial charge in [-0.15, -0.1) is 6.58 Å². The van der Waals surface area contributed by atoms with Crippen molar-refractivity contribution in [2.24, 2.45) is 0 Å². The summed E-state index contributed by atoms with van der Waals surface area (Å²) in [5, 5.41) is 2.31. The highest BCUT2D eigenvalue weighted by atomic mass is 16.5. The van der Waals surface area contributed by atoms with Crippen molar-refractivity contribution in [1.29, 1.82) is 0 Å². The van der Waals surface area contributed by atoms with Gasteiger partial charge in [0.15, 0.2) is 11.5 Å². The number of rotatable bonds is 8. The normalized spacial score (nSPS) is 18.7. The number of imide groups is 2. The molecule has 7 nitrogen and oxygen atoms in total. The van der Waals surface area contributed by atoms with Gasteiger partial charge in [-0.05, 0) is 43.0 Å². The van der Waals surface area contributed by atoms with Gasteiger partial charge in [-0.1, -0.05) is 38.0 Å². The number of carbonyl (C=O) groups is 3. The lowest BCUT2D eigenvalue weighted by Crippen LogP contribution is -2.58. The summed E-state index contributed by atoms with van der Waals surface area (Å²) < 4.78 is 11.2. The molecule has 0 bridgehead atoms. The first kappa shape index (κ1) is 22.3. The molecule has 0 aromatic heterocycles. The van der Waals surface area contributed by atoms with Crippen LogP contribution in [0.1, 0.15) is 43.2 Å². The minimum Gasteiger partial charge on any atom is -0.493 e. The van der Waals surface area contributed by atoms with Crippen LogP contribution in [0.2, 0.25) is 0 Å². The Morgan fingerprint density at radius 2 is 1.87 bits per heavy atom. The van der Waals surface area contributed by atoms with E-state index in [1.54, 1.807) is 18.2 Å². The fraction of sp³-hybridized carbons (Fsp3) is 0.375. The number of carbonyl (C=O) groups excluding carboxylic acids is 3. The molecule has 164 valence electrons. The standard InChI is InChI=1S/C24H28N2O5/c1-4-9-17-13-16(15-20(30-3)21(17)31-12-5-2)14-19-22(27)25-24(29)26(23(19)28)18-10-7-6-8-11-18/h4-5,13-15,18H,1-2,6-12H2,3H3,(H,25,27,29). The molecule has 31 heavy (non-hydrogen) atoms. The van der Waals surface area contributed by atoms with Crippen molar-refractivity contribution < 1.29 is 23.9 Å². The monoisotopic (exact) mass is 424 g/mol. The molecule has 7 heteroatoms. The predicted octanol–water partition coefficient (Wildman–Crippen LogP) is 3.78. The van der Waals surface area contributed by atoms with Crippen molar-refractivity contribution in [3.8, 4) is 11.5 Å². The van der Waals surface area contributed by atoms with Gasteiger partial charge in [-0.2, -0.15) is 0 Å². The van der Waals surface area contributed by atoms with Gasteiger partial charge in [0.25, 0.3) is 11.8 Å². The number of nitrogens with zero attached hydrogens (tertiary/aromatic N) is 1. The number of nitrogens with one attached hydrogen (secondary N) is 1. The van der Waals surface area contributed by atoms with Gasteiger partial charge in [0.2, 0.25) is 0 Å². The Balaban J connectivity index is 1.99. The van der Waals surface area contributed by atoms with E-state index in [4.69, 9.17) is 9.47 Å². The van der Waals surface area contributed by atoms with E-state index < -0.39 is 17.8 Å². The minimum atomic E-state index is -0.696. The molecule has 2 fully saturated rings. The van der Waals surface area contributed by atoms with Crippen LogP contribution < -0.4 is 14.8 Å². The van der Waals surface area contributed by atoms with E-state index in [1.807, 2.05) is 6.07 Å². The zero-order valence-corrected chi connectivity index (χ0v) is 17.8. The number of methoxy groups -OCH3 is 1. The molecule has 4 amide bonds. The molecule has 1 aliphatic heterocycles. The van der Waals surface area contributed by atoms with E-state index in [2.05, 4.69) is 18.5 Å². The number of amides is 4. The zero-order valence-electron chi connectivity index (χ0n) is 17.8. The number of benzene rings is 1. The lowest BCUT2D eigenvalue weighted by atomic mass is 9.93. The van der Waals surface area contributed by atoms with Crippen molar-refractivity contribution >= 4 is 23.9 Å². The molecule has 0 radical (unpaired) electrons. The highest BCUT2D eigenvalue weighted by Crippen LogP contribution is 2.35. The molecule has 3 rings (SSSR count). The predicted molar refractivity (Wildman–Crippen MR) is 118 cm³/mol. The third-order valence-corrected chi connectivity index (χ3v) is 5.47. The summed E-state index contributed by atoms with van der Waals surface area (Å²) in [4.78, 5) is 39.2. The van der Waals surface area contributed by atoms with Crippen LogP contribution in [-0.4, -0.2) is 42.5 Å². The van der Waals surface area contributed by atoms with Crippen molar-refractivity contribution in [2.75, 3.05) is 13.7 Å². The molecule has 1 saturated carbocycles. The third kappa shape index (κ3) is 4.87. The summed E-state index contributed by atoms with van der Waals surface area (Å²) in [6.45, 7) is 7.74. The van der Waals surface area contributed by atoms with Crippen LogP contribution in [0.4, 0.5) is 4.79 Å². The number of hydrogen-bond acceptors (Lipinski definition) is 5. The molecular formula is C24H28N2O5. The number of barbiturate groups is 1. The molecule has 2 aliphatic rings. The van der Waals surface area contributed by atoms with Crippen LogP contribution in [-0.2, 0) is 16.0 Å². The van der Waals surface area contributed by atoms with Gasteiger partial charge >= 0.3 is 6.03 Å². The molecule has 1 heterocycles. The first-order valence-electron chi connectivity index (χ1n) is 10.5. The molecule has 0 spiro atoms. The van der Waals surface area contributed by atoms with Crippen LogP contribution in [0.3, 0.4) is 0 Å². The molecule has 1 aliphatic carbocycles. The maximum Gasteiger partial charge on any atom is 0.331 e. The smallest absolute Gasteiger partial charge is 0.331 e. The van der Waals surface area contributed by atoms with E-state index in [0.717, 1.165) is 37.7 Å². The average molecular weight is 424 g/mol. The van der Waals surface area contributed by atoms with Gasteiger partial charge in [-0.25, -0.2) is 4.79 Å². The van der Waals surface area contributed by atoms with Gasteiger partial charge in [0.05, 0.1) is 7.11 Å². The molecule has 1 aromatic carbocycles. The fourth-order valence-corrected chi connectivity index (χ4v) is 4.04. The largest absolute Gasteiger partial charge is 0.493 e. The van der Waals surface area contributed by atoms with E-state index in [-0.39, 0.29) is 11.6 Å². The van der Waals surface area contributed by atoms with Gasteiger partial charge in [-0.3, -0.25) is 19.8 Å². The lowest BCUT2D eigenvalue weighted by molar-refractivity contribution is -0.132. The van der Waals surface area contributed by atoms with Crippen LogP contribution in [0.25, 0.3) is 6.08 Å². The summed E-state index contributed by atoms with van der Waals surface area (Å²) in [6.07, 6.45) is 9.89.